The number of nitrogens with one attached hydrogen (secondary N) is 1. The van der Waals surface area contributed by atoms with E-state index in [1.807, 2.05) is 52.2 Å². The van der Waals surface area contributed by atoms with Crippen molar-refractivity contribution in [1.82, 2.24) is 10.3 Å². The molecule has 1 aromatic rings. The van der Waals surface area contributed by atoms with Gasteiger partial charge in [-0.25, -0.2) is 4.98 Å². The van der Waals surface area contributed by atoms with Gasteiger partial charge in [0.05, 0.1) is 35.4 Å². The zero-order valence-corrected chi connectivity index (χ0v) is 30.0. The summed E-state index contributed by atoms with van der Waals surface area (Å²) >= 11 is 1.59. The van der Waals surface area contributed by atoms with Crippen molar-refractivity contribution in [3.05, 3.63) is 47.0 Å². The number of carbonyl (C=O) groups is 2. The van der Waals surface area contributed by atoms with Crippen molar-refractivity contribution in [3.8, 4) is 0 Å². The zero-order chi connectivity index (χ0) is 32.5. The fourth-order valence-electron chi connectivity index (χ4n) is 4.85. The molecule has 0 bridgehead atoms. The van der Waals surface area contributed by atoms with Crippen LogP contribution in [0, 0.1) is 24.2 Å². The summed E-state index contributed by atoms with van der Waals surface area (Å²) in [5.74, 6) is -0.884. The Bertz CT molecular complexity index is 1090. The van der Waals surface area contributed by atoms with Crippen LogP contribution >= 0.6 is 11.3 Å². The molecule has 8 heteroatoms. The maximum absolute atomic E-state index is 14.0. The highest BCUT2D eigenvalue weighted by Crippen LogP contribution is 2.42. The Morgan fingerprint density at radius 2 is 1.79 bits per heavy atom. The summed E-state index contributed by atoms with van der Waals surface area (Å²) in [6.07, 6.45) is 7.48. The average Bonchev–Trinajstić information content (AvgIpc) is 3.29. The van der Waals surface area contributed by atoms with E-state index in [9.17, 15) is 14.7 Å². The number of carbonyl (C=O) groups excluding carboxylic acids is 2. The molecular weight excluding hydrogens is 561 g/mol. The zero-order valence-electron chi connectivity index (χ0n) is 28.2. The molecule has 0 saturated heterocycles. The Hall–Kier alpha value is -1.87. The standard InChI is InChI=1S/C34H58N2O4SSi/c1-14-16-17-19-23(3)31(38)25(5)32(39)34(10,11)29(40-42(12,13)33(7,8)9)21-30(37)36-28(18-15-2)24(4)20-27-22-41-26(6)35-27/h14-15,20,22-23,25,28-29,31,38H,1-2,16-19,21H2,3-13H3,(H,36,37)/b24-20+/t23-,25+,28-,29-,31-/m0/s1. The van der Waals surface area contributed by atoms with E-state index in [2.05, 4.69) is 57.3 Å². The number of Topliss-reactive ketones (excluding diaryl/α,β-unsaturated/α-hetero) is 1. The Morgan fingerprint density at radius 3 is 2.29 bits per heavy atom. The number of aromatic nitrogens is 1. The first kappa shape index (κ1) is 38.2. The van der Waals surface area contributed by atoms with Crippen LogP contribution in [0.15, 0.2) is 36.3 Å². The summed E-state index contributed by atoms with van der Waals surface area (Å²) in [6, 6.07) is -0.249. The number of thiazole rings is 1. The van der Waals surface area contributed by atoms with Crippen molar-refractivity contribution in [2.24, 2.45) is 17.3 Å². The first-order chi connectivity index (χ1) is 19.3. The van der Waals surface area contributed by atoms with E-state index in [-0.39, 0.29) is 35.1 Å². The second kappa shape index (κ2) is 16.3. The molecule has 0 aliphatic carbocycles. The fraction of sp³-hybridized carbons (Fsp3) is 0.676. The molecule has 0 aromatic carbocycles. The largest absolute Gasteiger partial charge is 0.412 e. The second-order valence-corrected chi connectivity index (χ2v) is 19.8. The van der Waals surface area contributed by atoms with E-state index in [1.54, 1.807) is 24.3 Å². The molecule has 0 aliphatic heterocycles. The van der Waals surface area contributed by atoms with Crippen molar-refractivity contribution in [2.75, 3.05) is 0 Å². The number of amides is 1. The third kappa shape index (κ3) is 11.0. The molecule has 6 nitrogen and oxygen atoms in total. The molecule has 2 N–H and O–H groups in total. The molecule has 0 saturated carbocycles. The molecule has 238 valence electrons. The fourth-order valence-corrected chi connectivity index (χ4v) is 6.87. The van der Waals surface area contributed by atoms with Gasteiger partial charge in [0, 0.05) is 16.7 Å². The summed E-state index contributed by atoms with van der Waals surface area (Å²) in [4.78, 5) is 32.2. The van der Waals surface area contributed by atoms with Crippen LogP contribution in [-0.2, 0) is 14.0 Å². The molecule has 0 spiro atoms. The smallest absolute Gasteiger partial charge is 0.223 e. The number of aliphatic hydroxyl groups is 1. The van der Waals surface area contributed by atoms with E-state index in [1.165, 1.54) is 0 Å². The van der Waals surface area contributed by atoms with Gasteiger partial charge in [-0.1, -0.05) is 60.6 Å². The molecule has 0 unspecified atom stereocenters. The van der Waals surface area contributed by atoms with Gasteiger partial charge in [0.25, 0.3) is 0 Å². The summed E-state index contributed by atoms with van der Waals surface area (Å²) in [6.45, 7) is 29.9. The van der Waals surface area contributed by atoms with Crippen LogP contribution in [0.3, 0.4) is 0 Å². The number of aliphatic hydroxyl groups excluding tert-OH is 1. The van der Waals surface area contributed by atoms with Gasteiger partial charge in [-0.05, 0) is 75.2 Å². The van der Waals surface area contributed by atoms with Crippen LogP contribution in [0.4, 0.5) is 0 Å². The predicted octanol–water partition coefficient (Wildman–Crippen LogP) is 8.28. The number of allylic oxidation sites excluding steroid dienone is 1. The van der Waals surface area contributed by atoms with Gasteiger partial charge in [0.1, 0.15) is 5.78 Å². The third-order valence-electron chi connectivity index (χ3n) is 8.93. The lowest BCUT2D eigenvalue weighted by Crippen LogP contribution is -2.53. The summed E-state index contributed by atoms with van der Waals surface area (Å²) in [5, 5.41) is 17.2. The Morgan fingerprint density at radius 1 is 1.17 bits per heavy atom. The van der Waals surface area contributed by atoms with Crippen LogP contribution < -0.4 is 5.32 Å². The number of hydrogen-bond acceptors (Lipinski definition) is 6. The Kier molecular flexibility index (Phi) is 14.8. The normalized spacial score (nSPS) is 16.7. The molecule has 1 amide bonds. The highest BCUT2D eigenvalue weighted by Gasteiger charge is 2.48. The Labute approximate surface area is 261 Å². The van der Waals surface area contributed by atoms with Crippen LogP contribution in [0.2, 0.25) is 18.1 Å². The van der Waals surface area contributed by atoms with E-state index in [0.29, 0.717) is 6.42 Å². The molecule has 0 radical (unpaired) electrons. The monoisotopic (exact) mass is 618 g/mol. The average molecular weight is 619 g/mol. The number of hydrogen-bond donors (Lipinski definition) is 2. The first-order valence-electron chi connectivity index (χ1n) is 15.3. The maximum Gasteiger partial charge on any atom is 0.223 e. The van der Waals surface area contributed by atoms with Crippen LogP contribution in [0.1, 0.15) is 98.2 Å². The minimum Gasteiger partial charge on any atom is -0.412 e. The van der Waals surface area contributed by atoms with Gasteiger partial charge in [0.2, 0.25) is 5.91 Å². The van der Waals surface area contributed by atoms with Crippen LogP contribution in [-0.4, -0.2) is 48.3 Å². The SMILES string of the molecule is C=CCCC[C@H](C)[C@H](O)[C@@H](C)C(=O)C(C)(C)[C@H](CC(=O)N[C@@H](CC=C)/C(C)=C/c1csc(C)n1)O[Si](C)(C)C(C)(C)C. The Balaban J connectivity index is 3.28. The van der Waals surface area contributed by atoms with Crippen molar-refractivity contribution in [3.63, 3.8) is 0 Å². The molecule has 0 fully saturated rings. The molecular formula is C34H58N2O4SSi. The lowest BCUT2D eigenvalue weighted by molar-refractivity contribution is -0.142. The quantitative estimate of drug-likeness (QED) is 0.0982. The maximum atomic E-state index is 14.0. The molecule has 1 heterocycles. The molecule has 1 aromatic heterocycles. The van der Waals surface area contributed by atoms with E-state index in [0.717, 1.165) is 35.5 Å². The molecule has 5 atom stereocenters. The van der Waals surface area contributed by atoms with Gasteiger partial charge in [-0.2, -0.15) is 0 Å². The van der Waals surface area contributed by atoms with Crippen LogP contribution in [0.5, 0.6) is 0 Å². The summed E-state index contributed by atoms with van der Waals surface area (Å²) in [5.41, 5.74) is 0.855. The van der Waals surface area contributed by atoms with Crippen molar-refractivity contribution in [2.45, 2.75) is 131 Å². The minimum absolute atomic E-state index is 0.0290. The predicted molar refractivity (Wildman–Crippen MR) is 181 cm³/mol. The minimum atomic E-state index is -2.36. The lowest BCUT2D eigenvalue weighted by atomic mass is 9.73. The van der Waals surface area contributed by atoms with Crippen LogP contribution in [0.25, 0.3) is 6.08 Å². The third-order valence-corrected chi connectivity index (χ3v) is 14.2. The van der Waals surface area contributed by atoms with E-state index < -0.39 is 31.9 Å². The molecule has 1 rings (SSSR count). The van der Waals surface area contributed by atoms with E-state index in [4.69, 9.17) is 4.43 Å². The van der Waals surface area contributed by atoms with Gasteiger partial charge < -0.3 is 14.8 Å². The van der Waals surface area contributed by atoms with E-state index >= 15 is 0 Å². The summed E-state index contributed by atoms with van der Waals surface area (Å²) in [7, 11) is -2.36. The number of nitrogens with zero attached hydrogens (tertiary/aromatic N) is 1. The van der Waals surface area contributed by atoms with Crippen molar-refractivity contribution in [1.29, 1.82) is 0 Å². The van der Waals surface area contributed by atoms with Gasteiger partial charge in [-0.3, -0.25) is 9.59 Å². The lowest BCUT2D eigenvalue weighted by Gasteiger charge is -2.44. The highest BCUT2D eigenvalue weighted by atomic mass is 32.1. The highest BCUT2D eigenvalue weighted by molar-refractivity contribution is 7.09. The molecule has 42 heavy (non-hydrogen) atoms. The van der Waals surface area contributed by atoms with Gasteiger partial charge >= 0.3 is 0 Å². The van der Waals surface area contributed by atoms with Crippen molar-refractivity contribution >= 4 is 37.4 Å². The van der Waals surface area contributed by atoms with Gasteiger partial charge in [-0.15, -0.1) is 24.5 Å². The second-order valence-electron chi connectivity index (χ2n) is 14.0. The summed E-state index contributed by atoms with van der Waals surface area (Å²) < 4.78 is 6.85. The topological polar surface area (TPSA) is 88.5 Å². The van der Waals surface area contributed by atoms with Crippen molar-refractivity contribution < 1.29 is 19.1 Å². The number of aryl methyl sites for hydroxylation is 1. The number of ketones is 1. The number of rotatable bonds is 18. The van der Waals surface area contributed by atoms with Gasteiger partial charge in [0.15, 0.2) is 8.32 Å². The molecule has 0 aliphatic rings. The number of unbranched alkanes of at least 4 members (excludes halogenated alkanes) is 1. The first-order valence-corrected chi connectivity index (χ1v) is 19.1.